The number of alkyl halides is 1. The number of hydrogen-bond acceptors (Lipinski definition) is 3. The molecule has 5 heteroatoms. The van der Waals surface area contributed by atoms with Gasteiger partial charge in [-0.1, -0.05) is 0 Å². The first-order valence-electron chi connectivity index (χ1n) is 4.63. The molecule has 1 aliphatic carbocycles. The highest BCUT2D eigenvalue weighted by Gasteiger charge is 2.27. The molecule has 1 saturated carbocycles. The molecule has 3 nitrogen and oxygen atoms in total. The summed E-state index contributed by atoms with van der Waals surface area (Å²) in [5, 5.41) is 3.09. The molecule has 0 saturated heterocycles. The zero-order valence-corrected chi connectivity index (χ0v) is 9.17. The van der Waals surface area contributed by atoms with E-state index >= 15 is 0 Å². The van der Waals surface area contributed by atoms with Gasteiger partial charge in [0.05, 0.1) is 10.5 Å². The molecule has 1 aromatic rings. The van der Waals surface area contributed by atoms with Gasteiger partial charge in [0.2, 0.25) is 0 Å². The number of halogens is 2. The normalized spacial score (nSPS) is 26.4. The number of nitrogens with one attached hydrogen (secondary N) is 1. The Bertz CT molecular complexity index is 321. The third-order valence-electron chi connectivity index (χ3n) is 2.42. The van der Waals surface area contributed by atoms with Crippen molar-refractivity contribution < 1.29 is 4.39 Å². The Balaban J connectivity index is 2.07. The van der Waals surface area contributed by atoms with Gasteiger partial charge in [-0.05, 0) is 35.2 Å². The summed E-state index contributed by atoms with van der Waals surface area (Å²) < 4.78 is 14.1. The number of rotatable bonds is 2. The van der Waals surface area contributed by atoms with Gasteiger partial charge in [0, 0.05) is 6.20 Å². The molecule has 0 unspecified atom stereocenters. The molecule has 1 N–H and O–H groups in total. The number of nitrogens with zero attached hydrogens (tertiary/aromatic N) is 2. The molecule has 1 aromatic heterocycles. The maximum Gasteiger partial charge on any atom is 0.144 e. The molecule has 2 atom stereocenters. The average Bonchev–Trinajstić information content (AvgIpc) is 2.56. The molecule has 0 amide bonds. The smallest absolute Gasteiger partial charge is 0.144 e. The minimum Gasteiger partial charge on any atom is -0.363 e. The minimum absolute atomic E-state index is 0.0961. The van der Waals surface area contributed by atoms with Crippen molar-refractivity contribution in [3.8, 4) is 0 Å². The fraction of sp³-hybridized carbons (Fsp3) is 0.556. The van der Waals surface area contributed by atoms with E-state index < -0.39 is 6.17 Å². The van der Waals surface area contributed by atoms with E-state index in [1.54, 1.807) is 6.20 Å². The highest BCUT2D eigenvalue weighted by molar-refractivity contribution is 9.10. The molecule has 0 radical (unpaired) electrons. The number of aromatic nitrogens is 2. The largest absolute Gasteiger partial charge is 0.363 e. The molecule has 0 aromatic carbocycles. The lowest BCUT2D eigenvalue weighted by Gasteiger charge is -2.15. The minimum atomic E-state index is -0.753. The van der Waals surface area contributed by atoms with Crippen molar-refractivity contribution in [3.05, 3.63) is 17.0 Å². The van der Waals surface area contributed by atoms with Crippen LogP contribution in [0.5, 0.6) is 0 Å². The number of anilines is 1. The summed E-state index contributed by atoms with van der Waals surface area (Å²) in [4.78, 5) is 7.89. The summed E-state index contributed by atoms with van der Waals surface area (Å²) in [5.74, 6) is 0.676. The van der Waals surface area contributed by atoms with E-state index in [-0.39, 0.29) is 6.04 Å². The first kappa shape index (κ1) is 9.83. The van der Waals surface area contributed by atoms with E-state index in [4.69, 9.17) is 0 Å². The molecule has 1 heterocycles. The van der Waals surface area contributed by atoms with Crippen LogP contribution in [0.1, 0.15) is 19.3 Å². The van der Waals surface area contributed by atoms with Crippen LogP contribution in [0.2, 0.25) is 0 Å². The van der Waals surface area contributed by atoms with Crippen LogP contribution in [0.25, 0.3) is 0 Å². The Labute approximate surface area is 90.3 Å². The zero-order chi connectivity index (χ0) is 9.97. The third-order valence-corrected chi connectivity index (χ3v) is 3.00. The zero-order valence-electron chi connectivity index (χ0n) is 7.58. The predicted molar refractivity (Wildman–Crippen MR) is 55.9 cm³/mol. The summed E-state index contributed by atoms with van der Waals surface area (Å²) in [7, 11) is 0. The van der Waals surface area contributed by atoms with Crippen LogP contribution < -0.4 is 5.32 Å². The van der Waals surface area contributed by atoms with E-state index in [0.717, 1.165) is 17.3 Å². The summed E-state index contributed by atoms with van der Waals surface area (Å²) >= 11 is 3.31. The van der Waals surface area contributed by atoms with Crippen LogP contribution >= 0.6 is 15.9 Å². The van der Waals surface area contributed by atoms with E-state index in [9.17, 15) is 4.39 Å². The molecule has 2 rings (SSSR count). The van der Waals surface area contributed by atoms with E-state index in [1.165, 1.54) is 6.33 Å². The van der Waals surface area contributed by atoms with Crippen LogP contribution in [0.3, 0.4) is 0 Å². The maximum atomic E-state index is 13.3. The van der Waals surface area contributed by atoms with Crippen molar-refractivity contribution in [1.82, 2.24) is 9.97 Å². The lowest BCUT2D eigenvalue weighted by atomic mass is 10.2. The van der Waals surface area contributed by atoms with Crippen LogP contribution in [-0.4, -0.2) is 22.2 Å². The summed E-state index contributed by atoms with van der Waals surface area (Å²) in [5.41, 5.74) is 0. The fourth-order valence-corrected chi connectivity index (χ4v) is 2.01. The second-order valence-electron chi connectivity index (χ2n) is 3.42. The Morgan fingerprint density at radius 2 is 2.36 bits per heavy atom. The van der Waals surface area contributed by atoms with Gasteiger partial charge in [0.25, 0.3) is 0 Å². The fourth-order valence-electron chi connectivity index (χ4n) is 1.67. The van der Waals surface area contributed by atoms with Gasteiger partial charge in [0.15, 0.2) is 0 Å². The van der Waals surface area contributed by atoms with Crippen LogP contribution in [-0.2, 0) is 0 Å². The molecular weight excluding hydrogens is 249 g/mol. The lowest BCUT2D eigenvalue weighted by Crippen LogP contribution is -2.25. The quantitative estimate of drug-likeness (QED) is 0.887. The van der Waals surface area contributed by atoms with Crippen LogP contribution in [0.15, 0.2) is 17.0 Å². The second-order valence-corrected chi connectivity index (χ2v) is 4.27. The molecular formula is C9H11BrFN3. The van der Waals surface area contributed by atoms with Gasteiger partial charge in [-0.2, -0.15) is 0 Å². The molecule has 1 fully saturated rings. The highest BCUT2D eigenvalue weighted by atomic mass is 79.9. The Kier molecular flexibility index (Phi) is 2.96. The summed E-state index contributed by atoms with van der Waals surface area (Å²) in [6.45, 7) is 0. The van der Waals surface area contributed by atoms with Crippen molar-refractivity contribution in [2.75, 3.05) is 5.32 Å². The van der Waals surface area contributed by atoms with Crippen LogP contribution in [0.4, 0.5) is 10.2 Å². The Morgan fingerprint density at radius 3 is 3.00 bits per heavy atom. The van der Waals surface area contributed by atoms with Gasteiger partial charge < -0.3 is 5.32 Å². The van der Waals surface area contributed by atoms with Crippen molar-refractivity contribution in [1.29, 1.82) is 0 Å². The van der Waals surface area contributed by atoms with Crippen molar-refractivity contribution in [2.24, 2.45) is 0 Å². The first-order valence-corrected chi connectivity index (χ1v) is 5.43. The average molecular weight is 260 g/mol. The van der Waals surface area contributed by atoms with Crippen molar-refractivity contribution >= 4 is 21.7 Å². The highest BCUT2D eigenvalue weighted by Crippen LogP contribution is 2.27. The molecule has 1 aliphatic rings. The lowest BCUT2D eigenvalue weighted by molar-refractivity contribution is 0.323. The number of hydrogen-bond donors (Lipinski definition) is 1. The third kappa shape index (κ3) is 2.03. The van der Waals surface area contributed by atoms with Crippen LogP contribution in [0, 0.1) is 0 Å². The molecule has 0 spiro atoms. The van der Waals surface area contributed by atoms with Gasteiger partial charge in [-0.3, -0.25) is 0 Å². The van der Waals surface area contributed by atoms with E-state index in [2.05, 4.69) is 31.2 Å². The Morgan fingerprint density at radius 1 is 1.50 bits per heavy atom. The van der Waals surface area contributed by atoms with E-state index in [1.807, 2.05) is 0 Å². The standard InChI is InChI=1S/C9H11BrFN3/c10-6-4-12-5-13-9(6)14-8-3-1-2-7(8)11/h4-5,7-8H,1-3H2,(H,12,13,14)/t7-,8+/m1/s1. The van der Waals surface area contributed by atoms with Gasteiger partial charge >= 0.3 is 0 Å². The maximum absolute atomic E-state index is 13.3. The van der Waals surface area contributed by atoms with Crippen molar-refractivity contribution in [3.63, 3.8) is 0 Å². The van der Waals surface area contributed by atoms with Gasteiger partial charge in [-0.25, -0.2) is 14.4 Å². The molecule has 76 valence electrons. The summed E-state index contributed by atoms with van der Waals surface area (Å²) in [6.07, 6.45) is 4.82. The molecule has 0 bridgehead atoms. The SMILES string of the molecule is F[C@@H]1CCC[C@@H]1Nc1ncncc1Br. The predicted octanol–water partition coefficient (Wildman–Crippen LogP) is 2.54. The van der Waals surface area contributed by atoms with E-state index in [0.29, 0.717) is 12.2 Å². The topological polar surface area (TPSA) is 37.8 Å². The monoisotopic (exact) mass is 259 g/mol. The second kappa shape index (κ2) is 4.21. The summed E-state index contributed by atoms with van der Waals surface area (Å²) in [6, 6.07) is -0.0961. The molecule has 14 heavy (non-hydrogen) atoms. The van der Waals surface area contributed by atoms with Gasteiger partial charge in [0.1, 0.15) is 18.3 Å². The first-order chi connectivity index (χ1) is 6.77. The Hall–Kier alpha value is -0.710. The van der Waals surface area contributed by atoms with Gasteiger partial charge in [-0.15, -0.1) is 0 Å². The van der Waals surface area contributed by atoms with Crippen molar-refractivity contribution in [2.45, 2.75) is 31.5 Å². The molecule has 0 aliphatic heterocycles.